The minimum atomic E-state index is 0.0415. The molecule has 0 saturated carbocycles. The van der Waals surface area contributed by atoms with Crippen LogP contribution in [0.15, 0.2) is 24.4 Å². The molecule has 0 fully saturated rings. The van der Waals surface area contributed by atoms with Gasteiger partial charge in [-0.15, -0.1) is 16.4 Å². The van der Waals surface area contributed by atoms with Gasteiger partial charge in [-0.05, 0) is 18.2 Å². The second kappa shape index (κ2) is 4.94. The van der Waals surface area contributed by atoms with Crippen LogP contribution in [0, 0.1) is 0 Å². The largest absolute Gasteiger partial charge is 0.497 e. The lowest BCUT2D eigenvalue weighted by Gasteiger charge is -1.96. The molecule has 1 N–H and O–H groups in total. The van der Waals surface area contributed by atoms with Crippen LogP contribution in [0.4, 0.5) is 0 Å². The fourth-order valence-corrected chi connectivity index (χ4v) is 2.69. The topological polar surface area (TPSA) is 73.1 Å². The van der Waals surface area contributed by atoms with Gasteiger partial charge in [0.25, 0.3) is 0 Å². The summed E-state index contributed by atoms with van der Waals surface area (Å²) in [6.45, 7) is 0.478. The second-order valence-corrected chi connectivity index (χ2v) is 4.97. The molecule has 0 aliphatic carbocycles. The lowest BCUT2D eigenvalue weighted by atomic mass is 10.3. The highest BCUT2D eigenvalue weighted by atomic mass is 32.1. The Bertz CT molecular complexity index is 707. The molecule has 0 atom stereocenters. The molecule has 7 heteroatoms. The predicted molar refractivity (Wildman–Crippen MR) is 72.3 cm³/mol. The standard InChI is InChI=1S/C12H12N4O2S/c1-18-8-2-3-9-11(6-8)19-12(13-9)10-7-16(4-5-17)15-14-10/h2-3,6-7,17H,4-5H2,1H3. The number of aliphatic hydroxyl groups is 1. The first-order valence-corrected chi connectivity index (χ1v) is 6.58. The molecular formula is C12H12N4O2S. The number of aliphatic hydroxyl groups excluding tert-OH is 1. The average molecular weight is 276 g/mol. The van der Waals surface area contributed by atoms with Crippen molar-refractivity contribution in [2.24, 2.45) is 0 Å². The Balaban J connectivity index is 1.99. The molecule has 0 amide bonds. The number of nitrogens with zero attached hydrogens (tertiary/aromatic N) is 4. The van der Waals surface area contributed by atoms with Gasteiger partial charge in [-0.25, -0.2) is 9.67 Å². The van der Waals surface area contributed by atoms with E-state index in [0.29, 0.717) is 12.2 Å². The van der Waals surface area contributed by atoms with Crippen LogP contribution in [0.1, 0.15) is 0 Å². The zero-order chi connectivity index (χ0) is 13.2. The average Bonchev–Trinajstić information content (AvgIpc) is 3.03. The highest BCUT2D eigenvalue weighted by Gasteiger charge is 2.10. The van der Waals surface area contributed by atoms with Crippen molar-refractivity contribution >= 4 is 21.6 Å². The normalized spacial score (nSPS) is 11.1. The van der Waals surface area contributed by atoms with Crippen molar-refractivity contribution in [2.45, 2.75) is 6.54 Å². The SMILES string of the molecule is COc1ccc2nc(-c3cn(CCO)nn3)sc2c1. The van der Waals surface area contributed by atoms with Crippen LogP contribution in [0.3, 0.4) is 0 Å². The number of ether oxygens (including phenoxy) is 1. The zero-order valence-electron chi connectivity index (χ0n) is 10.3. The molecular weight excluding hydrogens is 264 g/mol. The van der Waals surface area contributed by atoms with Crippen molar-refractivity contribution in [3.05, 3.63) is 24.4 Å². The van der Waals surface area contributed by atoms with Crippen LogP contribution in [0.5, 0.6) is 5.75 Å². The minimum absolute atomic E-state index is 0.0415. The Labute approximate surface area is 113 Å². The van der Waals surface area contributed by atoms with E-state index in [0.717, 1.165) is 21.0 Å². The Morgan fingerprint density at radius 3 is 3.11 bits per heavy atom. The third-order valence-electron chi connectivity index (χ3n) is 2.68. The van der Waals surface area contributed by atoms with E-state index in [1.165, 1.54) is 0 Å². The maximum atomic E-state index is 8.86. The first-order chi connectivity index (χ1) is 9.30. The van der Waals surface area contributed by atoms with E-state index in [4.69, 9.17) is 9.84 Å². The number of rotatable bonds is 4. The molecule has 0 unspecified atom stereocenters. The number of aromatic nitrogens is 4. The molecule has 1 aromatic carbocycles. The highest BCUT2D eigenvalue weighted by Crippen LogP contribution is 2.31. The fourth-order valence-electron chi connectivity index (χ4n) is 1.75. The van der Waals surface area contributed by atoms with Gasteiger partial charge in [-0.1, -0.05) is 5.21 Å². The summed E-state index contributed by atoms with van der Waals surface area (Å²) in [7, 11) is 1.64. The van der Waals surface area contributed by atoms with Crippen LogP contribution in [0.2, 0.25) is 0 Å². The predicted octanol–water partition coefficient (Wildman–Crippen LogP) is 1.56. The molecule has 98 valence electrons. The summed E-state index contributed by atoms with van der Waals surface area (Å²) in [6.07, 6.45) is 1.78. The van der Waals surface area contributed by atoms with Gasteiger partial charge in [-0.3, -0.25) is 0 Å². The fraction of sp³-hybridized carbons (Fsp3) is 0.250. The van der Waals surface area contributed by atoms with Gasteiger partial charge in [0.15, 0.2) is 0 Å². The quantitative estimate of drug-likeness (QED) is 0.782. The van der Waals surface area contributed by atoms with Crippen molar-refractivity contribution in [1.29, 1.82) is 0 Å². The number of methoxy groups -OCH3 is 1. The monoisotopic (exact) mass is 276 g/mol. The molecule has 0 radical (unpaired) electrons. The molecule has 19 heavy (non-hydrogen) atoms. The molecule has 6 nitrogen and oxygen atoms in total. The third kappa shape index (κ3) is 2.29. The smallest absolute Gasteiger partial charge is 0.146 e. The van der Waals surface area contributed by atoms with Gasteiger partial charge >= 0.3 is 0 Å². The first-order valence-electron chi connectivity index (χ1n) is 5.76. The van der Waals surface area contributed by atoms with Crippen LogP contribution < -0.4 is 4.74 Å². The Hall–Kier alpha value is -1.99. The molecule has 0 spiro atoms. The van der Waals surface area contributed by atoms with Crippen molar-refractivity contribution in [1.82, 2.24) is 20.0 Å². The minimum Gasteiger partial charge on any atom is -0.497 e. The van der Waals surface area contributed by atoms with Crippen LogP contribution in [0.25, 0.3) is 20.9 Å². The summed E-state index contributed by atoms with van der Waals surface area (Å²) in [5.41, 5.74) is 1.63. The maximum absolute atomic E-state index is 8.86. The van der Waals surface area contributed by atoms with Crippen molar-refractivity contribution in [2.75, 3.05) is 13.7 Å². The molecule has 0 aliphatic heterocycles. The summed E-state index contributed by atoms with van der Waals surface area (Å²) < 4.78 is 7.84. The van der Waals surface area contributed by atoms with E-state index in [2.05, 4.69) is 15.3 Å². The molecule has 2 aromatic heterocycles. The van der Waals surface area contributed by atoms with Gasteiger partial charge in [0, 0.05) is 0 Å². The molecule has 0 aliphatic rings. The van der Waals surface area contributed by atoms with Gasteiger partial charge < -0.3 is 9.84 Å². The summed E-state index contributed by atoms with van der Waals surface area (Å²) in [5.74, 6) is 0.812. The van der Waals surface area contributed by atoms with Crippen molar-refractivity contribution in [3.63, 3.8) is 0 Å². The summed E-state index contributed by atoms with van der Waals surface area (Å²) in [5, 5.41) is 17.7. The van der Waals surface area contributed by atoms with Gasteiger partial charge in [-0.2, -0.15) is 0 Å². The van der Waals surface area contributed by atoms with Crippen molar-refractivity contribution in [3.8, 4) is 16.5 Å². The molecule has 2 heterocycles. The van der Waals surface area contributed by atoms with Gasteiger partial charge in [0.1, 0.15) is 16.5 Å². The molecule has 0 saturated heterocycles. The second-order valence-electron chi connectivity index (χ2n) is 3.94. The van der Waals surface area contributed by atoms with E-state index in [1.54, 1.807) is 29.3 Å². The Morgan fingerprint density at radius 1 is 1.42 bits per heavy atom. The number of thiazole rings is 1. The third-order valence-corrected chi connectivity index (χ3v) is 3.72. The Morgan fingerprint density at radius 2 is 2.32 bits per heavy atom. The van der Waals surface area contributed by atoms with E-state index < -0.39 is 0 Å². The van der Waals surface area contributed by atoms with Crippen molar-refractivity contribution < 1.29 is 9.84 Å². The number of benzene rings is 1. The molecule has 3 rings (SSSR count). The van der Waals surface area contributed by atoms with Gasteiger partial charge in [0.2, 0.25) is 0 Å². The molecule has 0 bridgehead atoms. The number of hydrogen-bond donors (Lipinski definition) is 1. The summed E-state index contributed by atoms with van der Waals surface area (Å²) >= 11 is 1.54. The van der Waals surface area contributed by atoms with Crippen LogP contribution in [-0.2, 0) is 6.54 Å². The zero-order valence-corrected chi connectivity index (χ0v) is 11.1. The highest BCUT2D eigenvalue weighted by molar-refractivity contribution is 7.21. The maximum Gasteiger partial charge on any atom is 0.146 e. The van der Waals surface area contributed by atoms with E-state index in [1.807, 2.05) is 18.2 Å². The van der Waals surface area contributed by atoms with E-state index in [-0.39, 0.29) is 6.61 Å². The molecule has 3 aromatic rings. The first kappa shape index (κ1) is 12.1. The number of hydrogen-bond acceptors (Lipinski definition) is 6. The summed E-state index contributed by atoms with van der Waals surface area (Å²) in [4.78, 5) is 4.52. The Kier molecular flexibility index (Phi) is 3.14. The van der Waals surface area contributed by atoms with Gasteiger partial charge in [0.05, 0.1) is 36.7 Å². The lowest BCUT2D eigenvalue weighted by Crippen LogP contribution is -2.01. The summed E-state index contributed by atoms with van der Waals surface area (Å²) in [6, 6.07) is 5.76. The van der Waals surface area contributed by atoms with E-state index >= 15 is 0 Å². The van der Waals surface area contributed by atoms with Crippen LogP contribution >= 0.6 is 11.3 Å². The lowest BCUT2D eigenvalue weighted by molar-refractivity contribution is 0.268. The number of fused-ring (bicyclic) bond motifs is 1. The van der Waals surface area contributed by atoms with Crippen LogP contribution in [-0.4, -0.2) is 38.8 Å². The van der Waals surface area contributed by atoms with E-state index in [9.17, 15) is 0 Å².